The van der Waals surface area contributed by atoms with Crippen molar-refractivity contribution in [2.45, 2.75) is 19.8 Å². The van der Waals surface area contributed by atoms with Crippen LogP contribution in [0.4, 0.5) is 16.2 Å². The van der Waals surface area contributed by atoms with Crippen molar-refractivity contribution in [1.29, 1.82) is 0 Å². The predicted octanol–water partition coefficient (Wildman–Crippen LogP) is 4.23. The Morgan fingerprint density at radius 2 is 1.58 bits per heavy atom. The van der Waals surface area contributed by atoms with Crippen LogP contribution in [-0.4, -0.2) is 23.1 Å². The Morgan fingerprint density at radius 1 is 0.846 bits per heavy atom. The Bertz CT molecular complexity index is 836. The number of nitrogens with one attached hydrogen (secondary N) is 2. The largest absolute Gasteiger partial charge is 0.370 e. The van der Waals surface area contributed by atoms with Crippen molar-refractivity contribution in [1.82, 2.24) is 9.97 Å². The van der Waals surface area contributed by atoms with Crippen molar-refractivity contribution in [2.75, 3.05) is 23.7 Å². The molecule has 2 aromatic carbocycles. The highest BCUT2D eigenvalue weighted by Gasteiger charge is 2.04. The van der Waals surface area contributed by atoms with E-state index < -0.39 is 0 Å². The third-order valence-electron chi connectivity index (χ3n) is 4.05. The molecule has 0 bridgehead atoms. The maximum Gasteiger partial charge on any atom is 0.224 e. The zero-order valence-electron chi connectivity index (χ0n) is 14.9. The van der Waals surface area contributed by atoms with Gasteiger partial charge in [0.2, 0.25) is 5.95 Å². The minimum Gasteiger partial charge on any atom is -0.370 e. The third-order valence-corrected chi connectivity index (χ3v) is 4.05. The van der Waals surface area contributed by atoms with Crippen molar-refractivity contribution in [2.24, 2.45) is 0 Å². The van der Waals surface area contributed by atoms with Crippen molar-refractivity contribution in [3.8, 4) is 0 Å². The van der Waals surface area contributed by atoms with Crippen LogP contribution in [0.2, 0.25) is 0 Å². The van der Waals surface area contributed by atoms with Crippen molar-refractivity contribution >= 4 is 11.8 Å². The number of hydrogen-bond acceptors (Lipinski definition) is 4. The van der Waals surface area contributed by atoms with Gasteiger partial charge in [-0.2, -0.15) is 4.98 Å². The average Bonchev–Trinajstić information content (AvgIpc) is 2.64. The first-order valence-corrected chi connectivity index (χ1v) is 8.81. The van der Waals surface area contributed by atoms with Crippen LogP contribution in [0.15, 0.2) is 60.7 Å². The monoisotopic (exact) mass is 350 g/mol. The van der Waals surface area contributed by atoms with Crippen LogP contribution >= 0.6 is 0 Å². The molecule has 0 aliphatic carbocycles. The van der Waals surface area contributed by atoms with Gasteiger partial charge in [-0.15, -0.1) is 0 Å². The van der Waals surface area contributed by atoms with Crippen molar-refractivity contribution < 1.29 is 4.39 Å². The number of aromatic nitrogens is 2. The van der Waals surface area contributed by atoms with E-state index in [2.05, 4.69) is 32.7 Å². The van der Waals surface area contributed by atoms with Gasteiger partial charge in [0.1, 0.15) is 11.6 Å². The highest BCUT2D eigenvalue weighted by atomic mass is 19.1. The van der Waals surface area contributed by atoms with Gasteiger partial charge in [-0.3, -0.25) is 0 Å². The quantitative estimate of drug-likeness (QED) is 0.638. The lowest BCUT2D eigenvalue weighted by atomic mass is 10.1. The van der Waals surface area contributed by atoms with E-state index in [1.807, 2.05) is 37.3 Å². The van der Waals surface area contributed by atoms with E-state index in [1.54, 1.807) is 12.1 Å². The Labute approximate surface area is 153 Å². The summed E-state index contributed by atoms with van der Waals surface area (Å²) in [5.74, 6) is 1.18. The molecular formula is C21H23FN4. The van der Waals surface area contributed by atoms with Crippen LogP contribution in [0.1, 0.15) is 16.8 Å². The number of anilines is 2. The molecule has 0 aliphatic rings. The van der Waals surface area contributed by atoms with E-state index in [-0.39, 0.29) is 5.82 Å². The Morgan fingerprint density at radius 3 is 2.38 bits per heavy atom. The Hall–Kier alpha value is -2.95. The molecular weight excluding hydrogens is 327 g/mol. The fourth-order valence-electron chi connectivity index (χ4n) is 2.73. The van der Waals surface area contributed by atoms with Crippen LogP contribution in [0.25, 0.3) is 0 Å². The number of aryl methyl sites for hydroxylation is 1. The molecule has 0 amide bonds. The SMILES string of the molecule is Cc1cc(NCCc2ccccc2F)nc(NCCc2ccccc2)n1. The summed E-state index contributed by atoms with van der Waals surface area (Å²) in [5.41, 5.74) is 2.86. The summed E-state index contributed by atoms with van der Waals surface area (Å²) in [7, 11) is 0. The molecule has 0 saturated heterocycles. The summed E-state index contributed by atoms with van der Waals surface area (Å²) in [4.78, 5) is 8.91. The van der Waals surface area contributed by atoms with Crippen LogP contribution in [-0.2, 0) is 12.8 Å². The fourth-order valence-corrected chi connectivity index (χ4v) is 2.73. The van der Waals surface area contributed by atoms with Crippen LogP contribution in [0.3, 0.4) is 0 Å². The fraction of sp³-hybridized carbons (Fsp3) is 0.238. The first-order valence-electron chi connectivity index (χ1n) is 8.81. The zero-order valence-corrected chi connectivity index (χ0v) is 14.9. The van der Waals surface area contributed by atoms with Gasteiger partial charge >= 0.3 is 0 Å². The van der Waals surface area contributed by atoms with Gasteiger partial charge in [-0.05, 0) is 37.0 Å². The first-order chi connectivity index (χ1) is 12.7. The van der Waals surface area contributed by atoms with E-state index in [0.717, 1.165) is 24.5 Å². The number of halogens is 1. The van der Waals surface area contributed by atoms with Gasteiger partial charge in [-0.25, -0.2) is 9.37 Å². The molecule has 0 aliphatic heterocycles. The summed E-state index contributed by atoms with van der Waals surface area (Å²) in [6.07, 6.45) is 1.51. The van der Waals surface area contributed by atoms with Crippen LogP contribution < -0.4 is 10.6 Å². The number of rotatable bonds is 8. The van der Waals surface area contributed by atoms with E-state index >= 15 is 0 Å². The predicted molar refractivity (Wildman–Crippen MR) is 104 cm³/mol. The second kappa shape index (κ2) is 8.94. The summed E-state index contributed by atoms with van der Waals surface area (Å²) in [6, 6.07) is 19.0. The van der Waals surface area contributed by atoms with Gasteiger partial charge in [0.05, 0.1) is 0 Å². The minimum atomic E-state index is -0.170. The van der Waals surface area contributed by atoms with Crippen LogP contribution in [0, 0.1) is 12.7 Å². The van der Waals surface area contributed by atoms with Crippen LogP contribution in [0.5, 0.6) is 0 Å². The third kappa shape index (κ3) is 5.28. The minimum absolute atomic E-state index is 0.170. The standard InChI is InChI=1S/C21H23FN4/c1-16-15-20(23-14-12-18-9-5-6-10-19(18)22)26-21(25-16)24-13-11-17-7-3-2-4-8-17/h2-10,15H,11-14H2,1H3,(H2,23,24,25,26). The smallest absolute Gasteiger partial charge is 0.224 e. The lowest BCUT2D eigenvalue weighted by molar-refractivity contribution is 0.610. The number of benzene rings is 2. The summed E-state index contributed by atoms with van der Waals surface area (Å²) in [6.45, 7) is 3.31. The summed E-state index contributed by atoms with van der Waals surface area (Å²) < 4.78 is 13.7. The molecule has 0 saturated carbocycles. The highest BCUT2D eigenvalue weighted by Crippen LogP contribution is 2.11. The molecule has 134 valence electrons. The molecule has 3 aromatic rings. The topological polar surface area (TPSA) is 49.8 Å². The van der Waals surface area contributed by atoms with E-state index in [1.165, 1.54) is 11.6 Å². The maximum atomic E-state index is 13.7. The Kier molecular flexibility index (Phi) is 6.14. The van der Waals surface area contributed by atoms with E-state index in [9.17, 15) is 4.39 Å². The lowest BCUT2D eigenvalue weighted by Crippen LogP contribution is -2.12. The summed E-state index contributed by atoms with van der Waals surface area (Å²) in [5, 5.41) is 6.52. The molecule has 4 nitrogen and oxygen atoms in total. The number of hydrogen-bond donors (Lipinski definition) is 2. The molecule has 1 heterocycles. The first kappa shape index (κ1) is 17.9. The maximum absolute atomic E-state index is 13.7. The second-order valence-corrected chi connectivity index (χ2v) is 6.15. The molecule has 0 fully saturated rings. The van der Waals surface area contributed by atoms with Crippen molar-refractivity contribution in [3.05, 3.63) is 83.3 Å². The molecule has 0 atom stereocenters. The molecule has 0 unspecified atom stereocenters. The van der Waals surface area contributed by atoms with Gasteiger partial charge in [-0.1, -0.05) is 48.5 Å². The molecule has 26 heavy (non-hydrogen) atoms. The van der Waals surface area contributed by atoms with Gasteiger partial charge in [0.25, 0.3) is 0 Å². The van der Waals surface area contributed by atoms with Crippen molar-refractivity contribution in [3.63, 3.8) is 0 Å². The zero-order chi connectivity index (χ0) is 18.2. The van der Waals surface area contributed by atoms with E-state index in [4.69, 9.17) is 0 Å². The van der Waals surface area contributed by atoms with Gasteiger partial charge in [0, 0.05) is 24.8 Å². The Balaban J connectivity index is 1.53. The highest BCUT2D eigenvalue weighted by molar-refractivity contribution is 5.42. The molecule has 0 radical (unpaired) electrons. The second-order valence-electron chi connectivity index (χ2n) is 6.15. The van der Waals surface area contributed by atoms with Gasteiger partial charge in [0.15, 0.2) is 0 Å². The molecule has 2 N–H and O–H groups in total. The summed E-state index contributed by atoms with van der Waals surface area (Å²) >= 11 is 0. The average molecular weight is 350 g/mol. The molecule has 0 spiro atoms. The molecule has 3 rings (SSSR count). The van der Waals surface area contributed by atoms with E-state index in [0.29, 0.717) is 24.5 Å². The normalized spacial score (nSPS) is 10.5. The number of nitrogens with zero attached hydrogens (tertiary/aromatic N) is 2. The molecule has 5 heteroatoms. The van der Waals surface area contributed by atoms with Gasteiger partial charge < -0.3 is 10.6 Å². The lowest BCUT2D eigenvalue weighted by Gasteiger charge is -2.10. The molecule has 1 aromatic heterocycles.